The van der Waals surface area contributed by atoms with E-state index in [2.05, 4.69) is 0 Å². The summed E-state index contributed by atoms with van der Waals surface area (Å²) < 4.78 is 0. The Balaban J connectivity index is 1.72. The van der Waals surface area contributed by atoms with E-state index < -0.39 is 29.6 Å². The van der Waals surface area contributed by atoms with Gasteiger partial charge in [0.15, 0.2) is 0 Å². The molecular formula is C17H18N2O5. The number of hydrogen-bond donors (Lipinski definition) is 1. The molecule has 0 aromatic heterocycles. The molecule has 24 heavy (non-hydrogen) atoms. The van der Waals surface area contributed by atoms with Crippen LogP contribution in [0.15, 0.2) is 18.2 Å². The Morgan fingerprint density at radius 3 is 2.62 bits per heavy atom. The Bertz CT molecular complexity index is 742. The van der Waals surface area contributed by atoms with Crippen LogP contribution in [0.3, 0.4) is 0 Å². The highest BCUT2D eigenvalue weighted by Crippen LogP contribution is 2.24. The van der Waals surface area contributed by atoms with Gasteiger partial charge in [-0.05, 0) is 31.9 Å². The van der Waals surface area contributed by atoms with Gasteiger partial charge in [-0.2, -0.15) is 0 Å². The second kappa shape index (κ2) is 6.07. The van der Waals surface area contributed by atoms with Crippen molar-refractivity contribution in [1.29, 1.82) is 0 Å². The normalized spacial score (nSPS) is 20.3. The molecule has 0 radical (unpaired) electrons. The van der Waals surface area contributed by atoms with Gasteiger partial charge in [0.25, 0.3) is 11.8 Å². The molecule has 0 saturated carbocycles. The summed E-state index contributed by atoms with van der Waals surface area (Å²) >= 11 is 0. The zero-order valence-corrected chi connectivity index (χ0v) is 13.3. The number of carboxylic acids is 1. The molecule has 1 saturated heterocycles. The zero-order chi connectivity index (χ0) is 17.4. The highest BCUT2D eigenvalue weighted by molar-refractivity contribution is 6.22. The minimum atomic E-state index is -0.927. The lowest BCUT2D eigenvalue weighted by Gasteiger charge is -2.31. The fraction of sp³-hybridized carbons (Fsp3) is 0.412. The van der Waals surface area contributed by atoms with E-state index in [1.807, 2.05) is 6.92 Å². The number of fused-ring (bicyclic) bond motifs is 1. The van der Waals surface area contributed by atoms with Gasteiger partial charge in [0.2, 0.25) is 5.91 Å². The number of rotatable bonds is 3. The number of imide groups is 1. The highest BCUT2D eigenvalue weighted by atomic mass is 16.4. The van der Waals surface area contributed by atoms with Crippen LogP contribution in [0.1, 0.15) is 39.1 Å². The lowest BCUT2D eigenvalue weighted by Crippen LogP contribution is -2.47. The third kappa shape index (κ3) is 2.77. The van der Waals surface area contributed by atoms with E-state index in [-0.39, 0.29) is 13.1 Å². The van der Waals surface area contributed by atoms with Gasteiger partial charge in [-0.3, -0.25) is 24.1 Å². The second-order valence-corrected chi connectivity index (χ2v) is 6.26. The zero-order valence-electron chi connectivity index (χ0n) is 13.3. The predicted molar refractivity (Wildman–Crippen MR) is 83.5 cm³/mol. The average Bonchev–Trinajstić information content (AvgIpc) is 2.79. The van der Waals surface area contributed by atoms with Gasteiger partial charge < -0.3 is 10.0 Å². The first-order valence-electron chi connectivity index (χ1n) is 7.86. The lowest BCUT2D eigenvalue weighted by atomic mass is 9.98. The highest BCUT2D eigenvalue weighted by Gasteiger charge is 2.38. The number of nitrogens with zero attached hydrogens (tertiary/aromatic N) is 2. The van der Waals surface area contributed by atoms with Crippen LogP contribution in [0.5, 0.6) is 0 Å². The quantitative estimate of drug-likeness (QED) is 0.831. The molecule has 3 rings (SSSR count). The topological polar surface area (TPSA) is 95.0 Å². The summed E-state index contributed by atoms with van der Waals surface area (Å²) in [4.78, 5) is 50.6. The fourth-order valence-electron chi connectivity index (χ4n) is 3.19. The van der Waals surface area contributed by atoms with Gasteiger partial charge in [-0.1, -0.05) is 11.6 Å². The summed E-state index contributed by atoms with van der Waals surface area (Å²) in [7, 11) is 0. The number of aryl methyl sites for hydroxylation is 1. The molecule has 0 bridgehead atoms. The Morgan fingerprint density at radius 2 is 1.92 bits per heavy atom. The van der Waals surface area contributed by atoms with Gasteiger partial charge in [-0.15, -0.1) is 0 Å². The van der Waals surface area contributed by atoms with Crippen LogP contribution < -0.4 is 0 Å². The summed E-state index contributed by atoms with van der Waals surface area (Å²) in [6.07, 6.45) is 1.13. The summed E-state index contributed by atoms with van der Waals surface area (Å²) in [5.41, 5.74) is 1.48. The number of piperidine rings is 1. The average molecular weight is 330 g/mol. The SMILES string of the molecule is Cc1ccc2c(c1)C(=O)N(CC(=O)N1CCC[C@H](C(=O)O)C1)C2=O. The van der Waals surface area contributed by atoms with E-state index in [0.29, 0.717) is 30.5 Å². The number of carbonyl (C=O) groups excluding carboxylic acids is 3. The molecule has 1 N–H and O–H groups in total. The van der Waals surface area contributed by atoms with E-state index in [0.717, 1.165) is 10.5 Å². The molecule has 7 heteroatoms. The number of carbonyl (C=O) groups is 4. The molecule has 1 aromatic rings. The molecule has 0 unspecified atom stereocenters. The summed E-state index contributed by atoms with van der Waals surface area (Å²) in [5.74, 6) is -2.86. The standard InChI is InChI=1S/C17H18N2O5/c1-10-4-5-12-13(7-10)16(22)19(15(12)21)9-14(20)18-6-2-3-11(8-18)17(23)24/h4-5,7,11H,2-3,6,8-9H2,1H3,(H,23,24)/t11-/m0/s1. The number of hydrogen-bond acceptors (Lipinski definition) is 4. The Labute approximate surface area is 138 Å². The third-order valence-corrected chi connectivity index (χ3v) is 4.54. The number of amides is 3. The van der Waals surface area contributed by atoms with Crippen molar-refractivity contribution in [2.24, 2.45) is 5.92 Å². The number of carboxylic acid groups (broad SMARTS) is 1. The van der Waals surface area contributed by atoms with Crippen LogP contribution in [0.2, 0.25) is 0 Å². The van der Waals surface area contributed by atoms with Crippen LogP contribution in [-0.4, -0.2) is 58.2 Å². The van der Waals surface area contributed by atoms with Crippen molar-refractivity contribution in [2.75, 3.05) is 19.6 Å². The lowest BCUT2D eigenvalue weighted by molar-refractivity contribution is -0.145. The predicted octanol–water partition coefficient (Wildman–Crippen LogP) is 0.914. The minimum absolute atomic E-state index is 0.121. The summed E-state index contributed by atoms with van der Waals surface area (Å²) in [6.45, 7) is 2.05. The molecule has 1 fully saturated rings. The van der Waals surface area contributed by atoms with Crippen LogP contribution in [0, 0.1) is 12.8 Å². The van der Waals surface area contributed by atoms with E-state index in [1.165, 1.54) is 4.90 Å². The molecular weight excluding hydrogens is 312 g/mol. The molecule has 7 nitrogen and oxygen atoms in total. The van der Waals surface area contributed by atoms with Crippen molar-refractivity contribution < 1.29 is 24.3 Å². The molecule has 1 atom stereocenters. The van der Waals surface area contributed by atoms with Crippen LogP contribution >= 0.6 is 0 Å². The molecule has 126 valence electrons. The van der Waals surface area contributed by atoms with Crippen LogP contribution in [-0.2, 0) is 9.59 Å². The Kier molecular flexibility index (Phi) is 4.09. The van der Waals surface area contributed by atoms with Crippen molar-refractivity contribution in [2.45, 2.75) is 19.8 Å². The molecule has 1 aromatic carbocycles. The van der Waals surface area contributed by atoms with Gasteiger partial charge in [-0.25, -0.2) is 0 Å². The molecule has 0 spiro atoms. The molecule has 0 aliphatic carbocycles. The van der Waals surface area contributed by atoms with Crippen LogP contribution in [0.25, 0.3) is 0 Å². The van der Waals surface area contributed by atoms with Crippen molar-refractivity contribution in [3.8, 4) is 0 Å². The van der Waals surface area contributed by atoms with E-state index in [9.17, 15) is 19.2 Å². The first kappa shape index (κ1) is 16.2. The fourth-order valence-corrected chi connectivity index (χ4v) is 3.19. The maximum absolute atomic E-state index is 12.4. The van der Waals surface area contributed by atoms with E-state index in [4.69, 9.17) is 5.11 Å². The van der Waals surface area contributed by atoms with Gasteiger partial charge in [0.1, 0.15) is 6.54 Å². The van der Waals surface area contributed by atoms with E-state index in [1.54, 1.807) is 18.2 Å². The number of likely N-dealkylation sites (tertiary alicyclic amines) is 1. The Hall–Kier alpha value is -2.70. The molecule has 2 aliphatic rings. The van der Waals surface area contributed by atoms with Crippen molar-refractivity contribution in [3.63, 3.8) is 0 Å². The van der Waals surface area contributed by atoms with Gasteiger partial charge in [0.05, 0.1) is 17.0 Å². The van der Waals surface area contributed by atoms with Crippen LogP contribution in [0.4, 0.5) is 0 Å². The maximum atomic E-state index is 12.4. The largest absolute Gasteiger partial charge is 0.481 e. The number of benzene rings is 1. The minimum Gasteiger partial charge on any atom is -0.481 e. The summed E-state index contributed by atoms with van der Waals surface area (Å²) in [6, 6.07) is 4.98. The molecule has 2 heterocycles. The van der Waals surface area contributed by atoms with Gasteiger partial charge in [0, 0.05) is 13.1 Å². The van der Waals surface area contributed by atoms with Crippen molar-refractivity contribution in [1.82, 2.24) is 9.80 Å². The first-order chi connectivity index (χ1) is 11.4. The van der Waals surface area contributed by atoms with E-state index >= 15 is 0 Å². The summed E-state index contributed by atoms with van der Waals surface area (Å²) in [5, 5.41) is 9.09. The maximum Gasteiger partial charge on any atom is 0.308 e. The smallest absolute Gasteiger partial charge is 0.308 e. The molecule has 2 aliphatic heterocycles. The van der Waals surface area contributed by atoms with Crippen molar-refractivity contribution >= 4 is 23.7 Å². The third-order valence-electron chi connectivity index (χ3n) is 4.54. The second-order valence-electron chi connectivity index (χ2n) is 6.26. The number of aliphatic carboxylic acids is 1. The molecule has 3 amide bonds. The van der Waals surface area contributed by atoms with Gasteiger partial charge >= 0.3 is 5.97 Å². The van der Waals surface area contributed by atoms with Crippen molar-refractivity contribution in [3.05, 3.63) is 34.9 Å². The monoisotopic (exact) mass is 330 g/mol. The first-order valence-corrected chi connectivity index (χ1v) is 7.86. The Morgan fingerprint density at radius 1 is 1.21 bits per heavy atom.